The van der Waals surface area contributed by atoms with Crippen molar-refractivity contribution in [1.29, 1.82) is 0 Å². The van der Waals surface area contributed by atoms with Crippen LogP contribution >= 0.6 is 0 Å². The molecule has 0 aliphatic heterocycles. The molecule has 1 aliphatic rings. The number of methoxy groups -OCH3 is 1. The molecule has 0 heterocycles. The third-order valence-electron chi connectivity index (χ3n) is 2.40. The topological polar surface area (TPSA) is 76.4 Å². The summed E-state index contributed by atoms with van der Waals surface area (Å²) >= 11 is 0. The van der Waals surface area contributed by atoms with Gasteiger partial charge in [0, 0.05) is 17.8 Å². The van der Waals surface area contributed by atoms with E-state index < -0.39 is 0 Å². The molecule has 1 aromatic rings. The number of nitrogens with two attached hydrogens (primary N) is 1. The predicted octanol–water partition coefficient (Wildman–Crippen LogP) is 1.56. The van der Waals surface area contributed by atoms with Crippen molar-refractivity contribution in [3.8, 4) is 5.75 Å². The van der Waals surface area contributed by atoms with Crippen molar-refractivity contribution in [3.63, 3.8) is 0 Å². The van der Waals surface area contributed by atoms with Crippen molar-refractivity contribution >= 4 is 17.4 Å². The number of urea groups is 1. The number of benzene rings is 1. The zero-order chi connectivity index (χ0) is 11.5. The van der Waals surface area contributed by atoms with Crippen molar-refractivity contribution in [2.75, 3.05) is 18.2 Å². The van der Waals surface area contributed by atoms with Crippen LogP contribution in [0.2, 0.25) is 0 Å². The number of hydrogen-bond donors (Lipinski definition) is 3. The molecule has 1 aliphatic carbocycles. The summed E-state index contributed by atoms with van der Waals surface area (Å²) in [5, 5.41) is 5.56. The standard InChI is InChI=1S/C11H15N3O2/c1-16-10-6-8(4-5-9(10)12)14-11(15)13-7-2-3-7/h4-7H,2-3,12H2,1H3,(H2,13,14,15). The maximum Gasteiger partial charge on any atom is 0.319 e. The largest absolute Gasteiger partial charge is 0.495 e. The first-order valence-electron chi connectivity index (χ1n) is 5.20. The van der Waals surface area contributed by atoms with Crippen LogP contribution in [-0.2, 0) is 0 Å². The van der Waals surface area contributed by atoms with Crippen LogP contribution < -0.4 is 21.1 Å². The van der Waals surface area contributed by atoms with Gasteiger partial charge in [0.2, 0.25) is 0 Å². The Hall–Kier alpha value is -1.91. The number of nitrogens with one attached hydrogen (secondary N) is 2. The lowest BCUT2D eigenvalue weighted by atomic mass is 10.2. The molecule has 0 aromatic heterocycles. The van der Waals surface area contributed by atoms with Gasteiger partial charge >= 0.3 is 6.03 Å². The Bertz CT molecular complexity index is 402. The molecule has 0 unspecified atom stereocenters. The Morgan fingerprint density at radius 3 is 2.88 bits per heavy atom. The summed E-state index contributed by atoms with van der Waals surface area (Å²) in [4.78, 5) is 11.5. The summed E-state index contributed by atoms with van der Waals surface area (Å²) in [5.74, 6) is 0.559. The van der Waals surface area contributed by atoms with Gasteiger partial charge in [-0.05, 0) is 25.0 Å². The maximum atomic E-state index is 11.5. The van der Waals surface area contributed by atoms with Crippen LogP contribution in [0.4, 0.5) is 16.2 Å². The van der Waals surface area contributed by atoms with Gasteiger partial charge in [-0.2, -0.15) is 0 Å². The zero-order valence-electron chi connectivity index (χ0n) is 9.12. The van der Waals surface area contributed by atoms with E-state index in [-0.39, 0.29) is 6.03 Å². The third-order valence-corrected chi connectivity index (χ3v) is 2.40. The molecule has 0 atom stereocenters. The van der Waals surface area contributed by atoms with Gasteiger partial charge in [-0.3, -0.25) is 0 Å². The lowest BCUT2D eigenvalue weighted by molar-refractivity contribution is 0.251. The number of carbonyl (C=O) groups excluding carboxylic acids is 1. The average molecular weight is 221 g/mol. The fraction of sp³-hybridized carbons (Fsp3) is 0.364. The highest BCUT2D eigenvalue weighted by Gasteiger charge is 2.23. The van der Waals surface area contributed by atoms with E-state index in [2.05, 4.69) is 10.6 Å². The summed E-state index contributed by atoms with van der Waals surface area (Å²) in [5.41, 5.74) is 6.89. The van der Waals surface area contributed by atoms with Gasteiger partial charge in [0.25, 0.3) is 0 Å². The minimum absolute atomic E-state index is 0.186. The molecule has 86 valence electrons. The van der Waals surface area contributed by atoms with E-state index >= 15 is 0 Å². The molecule has 0 bridgehead atoms. The second-order valence-electron chi connectivity index (χ2n) is 3.83. The number of rotatable bonds is 3. The summed E-state index contributed by atoms with van der Waals surface area (Å²) in [7, 11) is 1.54. The van der Waals surface area contributed by atoms with Gasteiger partial charge in [0.15, 0.2) is 0 Å². The number of hydrogen-bond acceptors (Lipinski definition) is 3. The SMILES string of the molecule is COc1cc(NC(=O)NC2CC2)ccc1N. The van der Waals surface area contributed by atoms with Gasteiger partial charge in [-0.1, -0.05) is 0 Å². The highest BCUT2D eigenvalue weighted by molar-refractivity contribution is 5.90. The summed E-state index contributed by atoms with van der Waals surface area (Å²) in [6, 6.07) is 5.29. The van der Waals surface area contributed by atoms with E-state index in [1.807, 2.05) is 0 Å². The van der Waals surface area contributed by atoms with E-state index in [0.717, 1.165) is 12.8 Å². The van der Waals surface area contributed by atoms with Gasteiger partial charge in [-0.15, -0.1) is 0 Å². The van der Waals surface area contributed by atoms with E-state index in [1.54, 1.807) is 25.3 Å². The van der Waals surface area contributed by atoms with E-state index in [4.69, 9.17) is 10.5 Å². The van der Waals surface area contributed by atoms with Gasteiger partial charge in [-0.25, -0.2) is 4.79 Å². The summed E-state index contributed by atoms with van der Waals surface area (Å²) < 4.78 is 5.06. The minimum atomic E-state index is -0.186. The molecule has 0 saturated heterocycles. The van der Waals surface area contributed by atoms with Crippen molar-refractivity contribution in [2.24, 2.45) is 0 Å². The Balaban J connectivity index is 1.99. The summed E-state index contributed by atoms with van der Waals surface area (Å²) in [6.07, 6.45) is 2.14. The number of nitrogen functional groups attached to an aromatic ring is 1. The Kier molecular flexibility index (Phi) is 2.85. The second-order valence-corrected chi connectivity index (χ2v) is 3.83. The molecule has 5 nitrogen and oxygen atoms in total. The molecule has 5 heteroatoms. The van der Waals surface area contributed by atoms with Crippen molar-refractivity contribution in [1.82, 2.24) is 5.32 Å². The quantitative estimate of drug-likeness (QED) is 0.678. The van der Waals surface area contributed by atoms with Crippen LogP contribution in [0.15, 0.2) is 18.2 Å². The van der Waals surface area contributed by atoms with Gasteiger partial charge in [0.1, 0.15) is 5.75 Å². The molecule has 0 spiro atoms. The minimum Gasteiger partial charge on any atom is -0.495 e. The zero-order valence-corrected chi connectivity index (χ0v) is 9.12. The first-order chi connectivity index (χ1) is 7.69. The molecule has 16 heavy (non-hydrogen) atoms. The van der Waals surface area contributed by atoms with Crippen molar-refractivity contribution in [2.45, 2.75) is 18.9 Å². The molecular formula is C11H15N3O2. The first kappa shape index (κ1) is 10.6. The molecule has 2 amide bonds. The predicted molar refractivity (Wildman–Crippen MR) is 62.6 cm³/mol. The highest BCUT2D eigenvalue weighted by atomic mass is 16.5. The van der Waals surface area contributed by atoms with E-state index in [1.165, 1.54) is 0 Å². The fourth-order valence-electron chi connectivity index (χ4n) is 1.37. The van der Waals surface area contributed by atoms with Crippen LogP contribution in [0.1, 0.15) is 12.8 Å². The van der Waals surface area contributed by atoms with E-state index in [0.29, 0.717) is 23.2 Å². The van der Waals surface area contributed by atoms with Crippen LogP contribution in [0.5, 0.6) is 5.75 Å². The van der Waals surface area contributed by atoms with Gasteiger partial charge < -0.3 is 21.1 Å². The lowest BCUT2D eigenvalue weighted by Gasteiger charge is -2.09. The molecule has 1 fully saturated rings. The molecular weight excluding hydrogens is 206 g/mol. The normalized spacial score (nSPS) is 14.3. The smallest absolute Gasteiger partial charge is 0.319 e. The second kappa shape index (κ2) is 4.30. The molecule has 0 radical (unpaired) electrons. The third kappa shape index (κ3) is 2.56. The molecule has 1 aromatic carbocycles. The maximum absolute atomic E-state index is 11.5. The van der Waals surface area contributed by atoms with Crippen LogP contribution in [0.3, 0.4) is 0 Å². The first-order valence-corrected chi connectivity index (χ1v) is 5.20. The number of amides is 2. The van der Waals surface area contributed by atoms with Crippen molar-refractivity contribution < 1.29 is 9.53 Å². The number of ether oxygens (including phenoxy) is 1. The van der Waals surface area contributed by atoms with Crippen LogP contribution in [-0.4, -0.2) is 19.2 Å². The van der Waals surface area contributed by atoms with E-state index in [9.17, 15) is 4.79 Å². The summed E-state index contributed by atoms with van der Waals surface area (Å²) in [6.45, 7) is 0. The molecule has 2 rings (SSSR count). The lowest BCUT2D eigenvalue weighted by Crippen LogP contribution is -2.30. The Morgan fingerprint density at radius 2 is 2.25 bits per heavy atom. The fourth-order valence-corrected chi connectivity index (χ4v) is 1.37. The number of carbonyl (C=O) groups is 1. The Labute approximate surface area is 94.0 Å². The van der Waals surface area contributed by atoms with Crippen LogP contribution in [0, 0.1) is 0 Å². The van der Waals surface area contributed by atoms with Crippen molar-refractivity contribution in [3.05, 3.63) is 18.2 Å². The average Bonchev–Trinajstić information content (AvgIpc) is 3.04. The monoisotopic (exact) mass is 221 g/mol. The number of anilines is 2. The molecule has 4 N–H and O–H groups in total. The van der Waals surface area contributed by atoms with Crippen LogP contribution in [0.25, 0.3) is 0 Å². The highest BCUT2D eigenvalue weighted by Crippen LogP contribution is 2.25. The molecule has 1 saturated carbocycles. The Morgan fingerprint density at radius 1 is 1.50 bits per heavy atom. The van der Waals surface area contributed by atoms with Gasteiger partial charge in [0.05, 0.1) is 12.8 Å².